The predicted molar refractivity (Wildman–Crippen MR) is 157 cm³/mol. The quantitative estimate of drug-likeness (QED) is 0.305. The van der Waals surface area contributed by atoms with Crippen molar-refractivity contribution < 1.29 is 4.79 Å². The average molecular weight is 524 g/mol. The van der Waals surface area contributed by atoms with Crippen LogP contribution in [-0.2, 0) is 6.54 Å². The summed E-state index contributed by atoms with van der Waals surface area (Å²) in [4.78, 5) is 22.8. The van der Waals surface area contributed by atoms with Gasteiger partial charge in [0.25, 0.3) is 5.91 Å². The molecule has 2 N–H and O–H groups in total. The molecule has 0 aromatic heterocycles. The molecular weight excluding hydrogens is 482 g/mol. The topological polar surface area (TPSA) is 60.0 Å². The molecule has 200 valence electrons. The molecule has 1 aliphatic carbocycles. The van der Waals surface area contributed by atoms with Crippen molar-refractivity contribution in [1.29, 1.82) is 0 Å². The fourth-order valence-corrected chi connectivity index (χ4v) is 5.28. The molecule has 0 saturated heterocycles. The van der Waals surface area contributed by atoms with E-state index in [1.807, 2.05) is 62.5 Å². The summed E-state index contributed by atoms with van der Waals surface area (Å²) >= 11 is 6.56. The van der Waals surface area contributed by atoms with Crippen LogP contribution in [0, 0.1) is 6.92 Å². The maximum Gasteiger partial charge on any atom is 0.252 e. The van der Waals surface area contributed by atoms with Crippen molar-refractivity contribution in [3.8, 4) is 0 Å². The number of aliphatic imine (C=N–C) groups is 1. The van der Waals surface area contributed by atoms with E-state index in [4.69, 9.17) is 11.6 Å². The lowest BCUT2D eigenvalue weighted by Crippen LogP contribution is -2.42. The molecule has 0 unspecified atom stereocenters. The van der Waals surface area contributed by atoms with Gasteiger partial charge in [-0.05, 0) is 90.0 Å². The van der Waals surface area contributed by atoms with Crippen molar-refractivity contribution in [2.75, 3.05) is 32.1 Å². The Kier molecular flexibility index (Phi) is 11.0. The number of rotatable bonds is 10. The number of anilines is 1. The number of carbonyl (C=O) groups is 1. The molecule has 0 bridgehead atoms. The molecular formula is C30H42ClN5O. The maximum absolute atomic E-state index is 13.3. The molecule has 0 atom stereocenters. The number of nitrogens with one attached hydrogen (secondary N) is 2. The molecule has 3 rings (SSSR count). The molecule has 2 aromatic carbocycles. The largest absolute Gasteiger partial charge is 0.369 e. The molecule has 0 aliphatic heterocycles. The molecule has 7 heteroatoms. The van der Waals surface area contributed by atoms with Gasteiger partial charge in [0.1, 0.15) is 5.84 Å². The minimum atomic E-state index is -0.150. The summed E-state index contributed by atoms with van der Waals surface area (Å²) in [6.07, 6.45) is 8.38. The van der Waals surface area contributed by atoms with E-state index in [2.05, 4.69) is 46.4 Å². The Morgan fingerprint density at radius 2 is 1.78 bits per heavy atom. The van der Waals surface area contributed by atoms with E-state index < -0.39 is 0 Å². The molecule has 6 nitrogen and oxygen atoms in total. The van der Waals surface area contributed by atoms with Gasteiger partial charge in [-0.2, -0.15) is 0 Å². The maximum atomic E-state index is 13.3. The van der Waals surface area contributed by atoms with Crippen LogP contribution in [-0.4, -0.2) is 55.9 Å². The number of carbonyl (C=O) groups excluding carboxylic acids is 1. The molecule has 0 radical (unpaired) electrons. The molecule has 2 aromatic rings. The third-order valence-corrected chi connectivity index (χ3v) is 7.42. The highest BCUT2D eigenvalue weighted by atomic mass is 35.5. The van der Waals surface area contributed by atoms with Gasteiger partial charge < -0.3 is 20.4 Å². The second-order valence-corrected chi connectivity index (χ2v) is 10.3. The van der Waals surface area contributed by atoms with E-state index in [-0.39, 0.29) is 5.91 Å². The van der Waals surface area contributed by atoms with Gasteiger partial charge in [0.15, 0.2) is 0 Å². The van der Waals surface area contributed by atoms with E-state index in [0.717, 1.165) is 36.2 Å². The second-order valence-electron chi connectivity index (χ2n) is 9.88. The minimum Gasteiger partial charge on any atom is -0.369 e. The number of hydrogen-bond acceptors (Lipinski definition) is 4. The Balaban J connectivity index is 1.74. The van der Waals surface area contributed by atoms with Crippen molar-refractivity contribution in [1.82, 2.24) is 15.5 Å². The number of amides is 1. The van der Waals surface area contributed by atoms with Crippen LogP contribution in [0.3, 0.4) is 0 Å². The van der Waals surface area contributed by atoms with Crippen LogP contribution in [0.15, 0.2) is 59.7 Å². The molecule has 1 amide bonds. The van der Waals surface area contributed by atoms with E-state index >= 15 is 0 Å². The minimum absolute atomic E-state index is 0.150. The lowest BCUT2D eigenvalue weighted by Gasteiger charge is -2.40. The SMILES string of the molecule is C/C=C\N/C(CNC(=O)c1cc(Cl)cc(N(CC)[C@H]2CC[C@H](N(C)C)CC2)c1C)=N/Cc1ccccc1. The Morgan fingerprint density at radius 1 is 1.11 bits per heavy atom. The van der Waals surface area contributed by atoms with E-state index in [9.17, 15) is 4.79 Å². The molecule has 0 heterocycles. The van der Waals surface area contributed by atoms with Crippen LogP contribution in [0.25, 0.3) is 0 Å². The molecule has 37 heavy (non-hydrogen) atoms. The van der Waals surface area contributed by atoms with Crippen molar-refractivity contribution in [3.05, 3.63) is 76.5 Å². The van der Waals surface area contributed by atoms with Crippen LogP contribution < -0.4 is 15.5 Å². The summed E-state index contributed by atoms with van der Waals surface area (Å²) < 4.78 is 0. The first kappa shape index (κ1) is 28.7. The monoisotopic (exact) mass is 523 g/mol. The van der Waals surface area contributed by atoms with Crippen molar-refractivity contribution in [2.45, 2.75) is 65.1 Å². The average Bonchev–Trinajstić information content (AvgIpc) is 2.91. The van der Waals surface area contributed by atoms with Gasteiger partial charge in [-0.25, -0.2) is 0 Å². The smallest absolute Gasteiger partial charge is 0.252 e. The highest BCUT2D eigenvalue weighted by molar-refractivity contribution is 6.31. The number of nitrogens with zero attached hydrogens (tertiary/aromatic N) is 3. The fourth-order valence-electron chi connectivity index (χ4n) is 5.07. The third kappa shape index (κ3) is 8.08. The number of allylic oxidation sites excluding steroid dienone is 1. The van der Waals surface area contributed by atoms with Crippen LogP contribution >= 0.6 is 11.6 Å². The van der Waals surface area contributed by atoms with E-state index in [1.54, 1.807) is 6.07 Å². The molecule has 1 saturated carbocycles. The van der Waals surface area contributed by atoms with Crippen LogP contribution in [0.4, 0.5) is 5.69 Å². The van der Waals surface area contributed by atoms with Crippen molar-refractivity contribution in [3.63, 3.8) is 0 Å². The number of amidine groups is 1. The van der Waals surface area contributed by atoms with E-state index in [0.29, 0.717) is 41.6 Å². The Labute approximate surface area is 227 Å². The zero-order chi connectivity index (χ0) is 26.8. The molecule has 1 fully saturated rings. The lowest BCUT2D eigenvalue weighted by molar-refractivity contribution is 0.0958. The fraction of sp³-hybridized carbons (Fsp3) is 0.467. The van der Waals surface area contributed by atoms with Gasteiger partial charge in [0.05, 0.1) is 13.1 Å². The zero-order valence-corrected chi connectivity index (χ0v) is 23.7. The first-order valence-electron chi connectivity index (χ1n) is 13.3. The predicted octanol–water partition coefficient (Wildman–Crippen LogP) is 5.80. The molecule has 0 spiro atoms. The van der Waals surface area contributed by atoms with Crippen molar-refractivity contribution >= 4 is 29.0 Å². The third-order valence-electron chi connectivity index (χ3n) is 7.21. The van der Waals surface area contributed by atoms with Crippen LogP contribution in [0.2, 0.25) is 5.02 Å². The van der Waals surface area contributed by atoms with Gasteiger partial charge in [0, 0.05) is 34.9 Å². The normalized spacial score (nSPS) is 18.3. The van der Waals surface area contributed by atoms with Gasteiger partial charge in [-0.1, -0.05) is 48.0 Å². The highest BCUT2D eigenvalue weighted by Crippen LogP contribution is 2.34. The Hall–Kier alpha value is -2.83. The van der Waals surface area contributed by atoms with Gasteiger partial charge in [0.2, 0.25) is 0 Å². The zero-order valence-electron chi connectivity index (χ0n) is 22.9. The summed E-state index contributed by atoms with van der Waals surface area (Å²) in [6.45, 7) is 7.85. The Morgan fingerprint density at radius 3 is 2.41 bits per heavy atom. The number of halogens is 1. The number of benzene rings is 2. The van der Waals surface area contributed by atoms with Gasteiger partial charge >= 0.3 is 0 Å². The standard InChI is InChI=1S/C30H42ClN5O/c1-6-17-32-29(33-20-23-11-9-8-10-12-23)21-34-30(37)27-18-24(31)19-28(22(27)3)36(7-2)26-15-13-25(14-16-26)35(4)5/h6,8-12,17-19,25-26H,7,13-16,20-21H2,1-5H3,(H,32,33)(H,34,37)/b17-6-/t25-,26-. The van der Waals surface area contributed by atoms with Crippen LogP contribution in [0.5, 0.6) is 0 Å². The number of hydrogen-bond donors (Lipinski definition) is 2. The van der Waals surface area contributed by atoms with Crippen molar-refractivity contribution in [2.24, 2.45) is 4.99 Å². The second kappa shape index (κ2) is 14.2. The summed E-state index contributed by atoms with van der Waals surface area (Å²) in [5.41, 5.74) is 3.74. The highest BCUT2D eigenvalue weighted by Gasteiger charge is 2.28. The van der Waals surface area contributed by atoms with Gasteiger partial charge in [-0.15, -0.1) is 0 Å². The summed E-state index contributed by atoms with van der Waals surface area (Å²) in [7, 11) is 4.33. The van der Waals surface area contributed by atoms with E-state index in [1.165, 1.54) is 12.8 Å². The molecule has 1 aliphatic rings. The lowest BCUT2D eigenvalue weighted by atomic mass is 9.89. The summed E-state index contributed by atoms with van der Waals surface area (Å²) in [5.74, 6) is 0.548. The Bertz CT molecular complexity index is 1070. The first-order chi connectivity index (χ1) is 17.8. The summed E-state index contributed by atoms with van der Waals surface area (Å²) in [6, 6.07) is 14.9. The van der Waals surface area contributed by atoms with Crippen LogP contribution in [0.1, 0.15) is 61.0 Å². The summed E-state index contributed by atoms with van der Waals surface area (Å²) in [5, 5.41) is 6.81. The van der Waals surface area contributed by atoms with Gasteiger partial charge in [-0.3, -0.25) is 9.79 Å². The first-order valence-corrected chi connectivity index (χ1v) is 13.7.